The molecule has 0 unspecified atom stereocenters. The molecule has 0 spiro atoms. The van der Waals surface area contributed by atoms with E-state index in [1.165, 1.54) is 27.6 Å². The number of ether oxygens (including phenoxy) is 1. The number of hydrogen-bond acceptors (Lipinski definition) is 5. The monoisotopic (exact) mass is 544 g/mol. The second kappa shape index (κ2) is 9.52. The van der Waals surface area contributed by atoms with Crippen LogP contribution >= 0.6 is 39.2 Å². The van der Waals surface area contributed by atoms with Crippen molar-refractivity contribution in [3.63, 3.8) is 0 Å². The minimum Gasteiger partial charge on any atom is -0.459 e. The third-order valence-electron chi connectivity index (χ3n) is 5.04. The lowest BCUT2D eigenvalue weighted by molar-refractivity contribution is -0.154. The van der Waals surface area contributed by atoms with Crippen LogP contribution in [0.25, 0.3) is 0 Å². The maximum absolute atomic E-state index is 13.9. The Labute approximate surface area is 211 Å². The van der Waals surface area contributed by atoms with E-state index in [1.807, 2.05) is 93.3 Å². The Hall–Kier alpha value is -2.29. The van der Waals surface area contributed by atoms with E-state index in [2.05, 4.69) is 15.9 Å². The number of amides is 2. The molecule has 0 saturated heterocycles. The average Bonchev–Trinajstić information content (AvgIpc) is 3.04. The Balaban J connectivity index is 1.81. The molecule has 0 radical (unpaired) electrons. The van der Waals surface area contributed by atoms with Gasteiger partial charge in [-0.15, -0.1) is 11.3 Å². The molecule has 0 bridgehead atoms. The van der Waals surface area contributed by atoms with Crippen LogP contribution in [0.5, 0.6) is 0 Å². The number of nitrogens with zero attached hydrogens (tertiary/aromatic N) is 2. The fourth-order valence-corrected chi connectivity index (χ4v) is 6.67. The number of benzene rings is 2. The average molecular weight is 546 g/mol. The number of thiophene rings is 1. The first-order chi connectivity index (χ1) is 15.7. The summed E-state index contributed by atoms with van der Waals surface area (Å²) in [6.07, 6.45) is 0. The fourth-order valence-electron chi connectivity index (χ4n) is 3.66. The molecule has 5 nitrogen and oxygen atoms in total. The predicted octanol–water partition coefficient (Wildman–Crippen LogP) is 7.20. The normalized spacial score (nSPS) is 13.9. The third-order valence-corrected chi connectivity index (χ3v) is 8.51. The molecule has 172 valence electrons. The highest BCUT2D eigenvalue weighted by molar-refractivity contribution is 9.11. The molecule has 0 atom stereocenters. The van der Waals surface area contributed by atoms with Gasteiger partial charge in [0.2, 0.25) is 0 Å². The van der Waals surface area contributed by atoms with Crippen molar-refractivity contribution < 1.29 is 14.3 Å². The zero-order valence-corrected chi connectivity index (χ0v) is 22.1. The summed E-state index contributed by atoms with van der Waals surface area (Å²) in [4.78, 5) is 29.3. The number of hydrogen-bond donors (Lipinski definition) is 0. The van der Waals surface area contributed by atoms with E-state index in [4.69, 9.17) is 4.74 Å². The van der Waals surface area contributed by atoms with Gasteiger partial charge in [0, 0.05) is 0 Å². The van der Waals surface area contributed by atoms with Crippen molar-refractivity contribution >= 4 is 56.2 Å². The number of halogens is 1. The molecule has 33 heavy (non-hydrogen) atoms. The summed E-state index contributed by atoms with van der Waals surface area (Å²) in [6, 6.07) is 19.4. The van der Waals surface area contributed by atoms with Crippen LogP contribution in [0.2, 0.25) is 0 Å². The lowest BCUT2D eigenvalue weighted by Crippen LogP contribution is -2.47. The van der Waals surface area contributed by atoms with Gasteiger partial charge in [-0.3, -0.25) is 14.0 Å². The van der Waals surface area contributed by atoms with Crippen LogP contribution < -0.4 is 4.90 Å². The van der Waals surface area contributed by atoms with Gasteiger partial charge in [0.1, 0.15) is 17.1 Å². The van der Waals surface area contributed by atoms with Crippen LogP contribution in [0.15, 0.2) is 69.3 Å². The molecule has 3 aromatic rings. The van der Waals surface area contributed by atoms with E-state index < -0.39 is 11.6 Å². The van der Waals surface area contributed by atoms with Crippen LogP contribution in [0.4, 0.5) is 9.80 Å². The van der Waals surface area contributed by atoms with Gasteiger partial charge in [-0.05, 0) is 72.3 Å². The highest BCUT2D eigenvalue weighted by Gasteiger charge is 2.41. The molecule has 0 fully saturated rings. The Bertz CT molecular complexity index is 1120. The van der Waals surface area contributed by atoms with Gasteiger partial charge in [-0.25, -0.2) is 4.79 Å². The largest absolute Gasteiger partial charge is 0.459 e. The molecular weight excluding hydrogens is 520 g/mol. The first-order valence-corrected chi connectivity index (χ1v) is 12.9. The Morgan fingerprint density at radius 2 is 1.58 bits per heavy atom. The van der Waals surface area contributed by atoms with E-state index in [0.29, 0.717) is 0 Å². The number of urea groups is 1. The third kappa shape index (κ3) is 5.13. The maximum atomic E-state index is 13.9. The summed E-state index contributed by atoms with van der Waals surface area (Å²) < 4.78 is 7.98. The Kier molecular flexibility index (Phi) is 6.88. The van der Waals surface area contributed by atoms with Gasteiger partial charge < -0.3 is 4.74 Å². The topological polar surface area (TPSA) is 49.9 Å². The smallest absolute Gasteiger partial charge is 0.336 e. The summed E-state index contributed by atoms with van der Waals surface area (Å²) in [6.45, 7) is 7.34. The minimum atomic E-state index is -0.622. The summed E-state index contributed by atoms with van der Waals surface area (Å²) in [5.74, 6) is -0.435. The highest BCUT2D eigenvalue weighted by Crippen LogP contribution is 2.52. The zero-order valence-electron chi connectivity index (χ0n) is 18.9. The van der Waals surface area contributed by atoms with Crippen LogP contribution in [-0.4, -0.2) is 28.5 Å². The van der Waals surface area contributed by atoms with Gasteiger partial charge in [0.25, 0.3) is 0 Å². The van der Waals surface area contributed by atoms with Gasteiger partial charge in [0.15, 0.2) is 0 Å². The van der Waals surface area contributed by atoms with Gasteiger partial charge in [0.05, 0.1) is 14.7 Å². The van der Waals surface area contributed by atoms with Crippen molar-refractivity contribution in [3.8, 4) is 0 Å². The molecule has 4 rings (SSSR count). The molecule has 2 heterocycles. The quantitative estimate of drug-likeness (QED) is 0.251. The van der Waals surface area contributed by atoms with Crippen molar-refractivity contribution in [2.24, 2.45) is 0 Å². The first kappa shape index (κ1) is 23.9. The van der Waals surface area contributed by atoms with E-state index in [9.17, 15) is 9.59 Å². The van der Waals surface area contributed by atoms with Crippen molar-refractivity contribution in [2.75, 3.05) is 11.4 Å². The van der Waals surface area contributed by atoms with Gasteiger partial charge in [-0.2, -0.15) is 0 Å². The summed E-state index contributed by atoms with van der Waals surface area (Å²) >= 11 is 6.49. The summed E-state index contributed by atoms with van der Waals surface area (Å²) in [5.41, 5.74) is 2.42. The van der Waals surface area contributed by atoms with E-state index in [-0.39, 0.29) is 18.6 Å². The lowest BCUT2D eigenvalue weighted by atomic mass is 9.97. The molecule has 2 amide bonds. The fraction of sp³-hybridized carbons (Fsp3) is 0.280. The molecule has 1 aromatic heterocycles. The number of fused-ring (bicyclic) bond motifs is 1. The number of esters is 1. The first-order valence-electron chi connectivity index (χ1n) is 10.5. The molecule has 0 N–H and O–H groups in total. The number of anilines is 1. The predicted molar refractivity (Wildman–Crippen MR) is 138 cm³/mol. The molecule has 8 heteroatoms. The van der Waals surface area contributed by atoms with Crippen LogP contribution in [0.3, 0.4) is 0 Å². The molecule has 1 aliphatic heterocycles. The van der Waals surface area contributed by atoms with Crippen LogP contribution in [0.1, 0.15) is 43.5 Å². The van der Waals surface area contributed by atoms with Crippen molar-refractivity contribution in [1.29, 1.82) is 0 Å². The maximum Gasteiger partial charge on any atom is 0.336 e. The van der Waals surface area contributed by atoms with E-state index in [0.717, 1.165) is 30.4 Å². The second-order valence-electron chi connectivity index (χ2n) is 8.73. The lowest BCUT2D eigenvalue weighted by Gasteiger charge is -2.39. The molecular formula is C25H25BrN2O3S2. The Morgan fingerprint density at radius 3 is 2.09 bits per heavy atom. The zero-order chi connectivity index (χ0) is 23.8. The molecule has 0 aliphatic carbocycles. The van der Waals surface area contributed by atoms with Crippen molar-refractivity contribution in [3.05, 3.63) is 81.1 Å². The molecule has 0 saturated carbocycles. The van der Waals surface area contributed by atoms with Crippen molar-refractivity contribution in [2.45, 2.75) is 44.2 Å². The second-order valence-corrected chi connectivity index (χ2v) is 12.1. The number of rotatable bonds is 5. The minimum absolute atomic E-state index is 0.139. The standard InChI is InChI=1S/C25H25BrN2O3S2/c1-16-21-23(32-22(16)26)28(24(30)27(33-21)15-19(29)31-25(2,3)4)20(17-11-7-5-8-12-17)18-13-9-6-10-14-18/h5-14,20H,15H2,1-4H3. The number of carbonyl (C=O) groups is 2. The number of carbonyl (C=O) groups excluding carboxylic acids is 2. The van der Waals surface area contributed by atoms with Gasteiger partial charge >= 0.3 is 12.0 Å². The van der Waals surface area contributed by atoms with E-state index >= 15 is 0 Å². The molecule has 1 aliphatic rings. The summed E-state index contributed by atoms with van der Waals surface area (Å²) in [7, 11) is 0. The highest BCUT2D eigenvalue weighted by atomic mass is 79.9. The molecule has 2 aromatic carbocycles. The van der Waals surface area contributed by atoms with Crippen molar-refractivity contribution in [1.82, 2.24) is 4.31 Å². The van der Waals surface area contributed by atoms with Crippen LogP contribution in [-0.2, 0) is 9.53 Å². The Morgan fingerprint density at radius 1 is 1.03 bits per heavy atom. The SMILES string of the molecule is Cc1c(Br)sc2c1SN(CC(=O)OC(C)(C)C)C(=O)N2C(c1ccccc1)c1ccccc1. The van der Waals surface area contributed by atoms with Gasteiger partial charge in [-0.1, -0.05) is 60.7 Å². The van der Waals surface area contributed by atoms with E-state index in [1.54, 1.807) is 0 Å². The van der Waals surface area contributed by atoms with Crippen LogP contribution in [0, 0.1) is 6.92 Å². The summed E-state index contributed by atoms with van der Waals surface area (Å²) in [5, 5.41) is 0.868.